The third-order valence-electron chi connectivity index (χ3n) is 6.74. The topological polar surface area (TPSA) is 95.9 Å². The van der Waals surface area contributed by atoms with E-state index < -0.39 is 23.5 Å². The molecule has 33 heavy (non-hydrogen) atoms. The number of fused-ring (bicyclic) bond motifs is 3. The Morgan fingerprint density at radius 1 is 1.06 bits per heavy atom. The fraction of sp³-hybridized carbons (Fsp3) is 0.423. The molecule has 0 radical (unpaired) electrons. The first kappa shape index (κ1) is 22.8. The molecule has 0 spiro atoms. The molecule has 1 aliphatic heterocycles. The van der Waals surface area contributed by atoms with Gasteiger partial charge in [-0.25, -0.2) is 9.59 Å². The number of likely N-dealkylation sites (tertiary alicyclic amines) is 1. The highest BCUT2D eigenvalue weighted by molar-refractivity contribution is 5.87. The molecule has 0 bridgehead atoms. The van der Waals surface area contributed by atoms with Crippen LogP contribution < -0.4 is 5.32 Å². The molecule has 2 amide bonds. The van der Waals surface area contributed by atoms with Crippen molar-refractivity contribution in [2.24, 2.45) is 5.41 Å². The summed E-state index contributed by atoms with van der Waals surface area (Å²) in [7, 11) is 0. The smallest absolute Gasteiger partial charge is 0.407 e. The molecule has 1 heterocycles. The average Bonchev–Trinajstić information content (AvgIpc) is 3.40. The molecule has 0 unspecified atom stereocenters. The van der Waals surface area contributed by atoms with Gasteiger partial charge >= 0.3 is 12.1 Å². The van der Waals surface area contributed by atoms with Gasteiger partial charge in [-0.2, -0.15) is 0 Å². The molecular weight excluding hydrogens is 420 g/mol. The number of alkyl carbamates (subject to hydrolysis) is 1. The fourth-order valence-corrected chi connectivity index (χ4v) is 4.89. The summed E-state index contributed by atoms with van der Waals surface area (Å²) in [5.41, 5.74) is 3.86. The van der Waals surface area contributed by atoms with Crippen LogP contribution in [0.25, 0.3) is 11.1 Å². The van der Waals surface area contributed by atoms with Crippen LogP contribution in [0.3, 0.4) is 0 Å². The van der Waals surface area contributed by atoms with E-state index in [1.54, 1.807) is 13.8 Å². The van der Waals surface area contributed by atoms with E-state index >= 15 is 0 Å². The van der Waals surface area contributed by atoms with Crippen molar-refractivity contribution in [3.8, 4) is 11.1 Å². The van der Waals surface area contributed by atoms with E-state index in [0.717, 1.165) is 11.1 Å². The third-order valence-corrected chi connectivity index (χ3v) is 6.74. The maximum absolute atomic E-state index is 12.9. The number of nitrogens with one attached hydrogen (secondary N) is 1. The van der Waals surface area contributed by atoms with E-state index in [2.05, 4.69) is 29.6 Å². The summed E-state index contributed by atoms with van der Waals surface area (Å²) >= 11 is 0. The van der Waals surface area contributed by atoms with Crippen molar-refractivity contribution in [1.29, 1.82) is 0 Å². The molecule has 1 aliphatic carbocycles. The lowest BCUT2D eigenvalue weighted by Crippen LogP contribution is -2.47. The lowest BCUT2D eigenvalue weighted by atomic mass is 9.87. The van der Waals surface area contributed by atoms with Crippen molar-refractivity contribution < 1.29 is 24.2 Å². The van der Waals surface area contributed by atoms with Crippen molar-refractivity contribution in [3.05, 3.63) is 59.7 Å². The average molecular weight is 451 g/mol. The molecule has 0 aromatic heterocycles. The summed E-state index contributed by atoms with van der Waals surface area (Å²) in [6.45, 7) is 4.52. The first-order valence-electron chi connectivity index (χ1n) is 11.4. The van der Waals surface area contributed by atoms with Gasteiger partial charge in [0, 0.05) is 24.4 Å². The summed E-state index contributed by atoms with van der Waals surface area (Å²) in [6.07, 6.45) is 1.04. The Morgan fingerprint density at radius 2 is 1.67 bits per heavy atom. The van der Waals surface area contributed by atoms with E-state index in [1.807, 2.05) is 24.3 Å². The maximum Gasteiger partial charge on any atom is 0.407 e. The van der Waals surface area contributed by atoms with E-state index in [1.165, 1.54) is 16.0 Å². The first-order chi connectivity index (χ1) is 15.8. The molecule has 1 saturated heterocycles. The molecule has 1 atom stereocenters. The number of nitrogens with zero attached hydrogens (tertiary/aromatic N) is 1. The number of ether oxygens (including phenoxy) is 1. The molecule has 2 aliphatic rings. The van der Waals surface area contributed by atoms with Crippen molar-refractivity contribution >= 4 is 18.0 Å². The lowest BCUT2D eigenvalue weighted by Gasteiger charge is -2.31. The second-order valence-corrected chi connectivity index (χ2v) is 9.38. The van der Waals surface area contributed by atoms with Gasteiger partial charge in [0.25, 0.3) is 0 Å². The van der Waals surface area contributed by atoms with E-state index in [9.17, 15) is 19.5 Å². The molecule has 0 saturated carbocycles. The highest BCUT2D eigenvalue weighted by atomic mass is 16.5. The molecule has 1 fully saturated rings. The van der Waals surface area contributed by atoms with Crippen LogP contribution in [0.15, 0.2) is 48.5 Å². The van der Waals surface area contributed by atoms with Crippen LogP contribution in [-0.2, 0) is 14.3 Å². The minimum atomic E-state index is -0.964. The van der Waals surface area contributed by atoms with Gasteiger partial charge in [0.05, 0.1) is 0 Å². The van der Waals surface area contributed by atoms with Crippen molar-refractivity contribution in [2.45, 2.75) is 45.1 Å². The van der Waals surface area contributed by atoms with Gasteiger partial charge in [-0.1, -0.05) is 62.4 Å². The number of hydrogen-bond acceptors (Lipinski definition) is 4. The van der Waals surface area contributed by atoms with E-state index in [0.29, 0.717) is 25.8 Å². The molecule has 7 heteroatoms. The zero-order chi connectivity index (χ0) is 23.6. The fourth-order valence-electron chi connectivity index (χ4n) is 4.89. The highest BCUT2D eigenvalue weighted by Crippen LogP contribution is 2.44. The molecule has 7 nitrogen and oxygen atoms in total. The zero-order valence-corrected chi connectivity index (χ0v) is 19.0. The van der Waals surface area contributed by atoms with Crippen LogP contribution in [0, 0.1) is 5.41 Å². The number of amides is 2. The number of hydrogen-bond donors (Lipinski definition) is 2. The van der Waals surface area contributed by atoms with Crippen LogP contribution >= 0.6 is 0 Å². The summed E-state index contributed by atoms with van der Waals surface area (Å²) in [4.78, 5) is 38.1. The number of carbonyl (C=O) groups excluding carboxylic acids is 2. The molecule has 174 valence electrons. The Hall–Kier alpha value is -3.35. The first-order valence-corrected chi connectivity index (χ1v) is 11.4. The van der Waals surface area contributed by atoms with Crippen LogP contribution in [0.1, 0.15) is 50.2 Å². The van der Waals surface area contributed by atoms with Gasteiger partial charge < -0.3 is 20.1 Å². The summed E-state index contributed by atoms with van der Waals surface area (Å²) < 4.78 is 5.54. The molecule has 2 aromatic carbocycles. The predicted molar refractivity (Wildman–Crippen MR) is 124 cm³/mol. The highest BCUT2D eigenvalue weighted by Gasteiger charge is 2.40. The van der Waals surface area contributed by atoms with Crippen molar-refractivity contribution in [1.82, 2.24) is 10.2 Å². The largest absolute Gasteiger partial charge is 0.480 e. The van der Waals surface area contributed by atoms with Gasteiger partial charge in [0.2, 0.25) is 5.91 Å². The predicted octanol–water partition coefficient (Wildman–Crippen LogP) is 4.02. The van der Waals surface area contributed by atoms with Gasteiger partial charge in [0.1, 0.15) is 12.6 Å². The third kappa shape index (κ3) is 4.58. The minimum absolute atomic E-state index is 0.00992. The monoisotopic (exact) mass is 450 g/mol. The van der Waals surface area contributed by atoms with Crippen LogP contribution in [0.4, 0.5) is 4.79 Å². The number of benzene rings is 2. The second-order valence-electron chi connectivity index (χ2n) is 9.38. The Labute approximate surface area is 193 Å². The standard InChI is InChI=1S/C26H30N2O5/c1-26(2,24(31)28-15-7-12-22(28)23(29)30)13-14-27-25(32)33-16-21-19-10-5-3-8-17(19)18-9-4-6-11-20(18)21/h3-6,8-11,21-22H,7,12-16H2,1-2H3,(H,27,32)(H,29,30)/t22-/m0/s1. The van der Waals surface area contributed by atoms with Crippen LogP contribution in [0.5, 0.6) is 0 Å². The van der Waals surface area contributed by atoms with Crippen LogP contribution in [0.2, 0.25) is 0 Å². The second kappa shape index (κ2) is 9.25. The molecular formula is C26H30N2O5. The molecule has 2 N–H and O–H groups in total. The summed E-state index contributed by atoms with van der Waals surface area (Å²) in [6, 6.07) is 15.6. The van der Waals surface area contributed by atoms with Gasteiger partial charge in [0.15, 0.2) is 0 Å². The zero-order valence-electron chi connectivity index (χ0n) is 19.0. The Morgan fingerprint density at radius 3 is 2.27 bits per heavy atom. The van der Waals surface area contributed by atoms with Crippen LogP contribution in [-0.4, -0.2) is 53.7 Å². The summed E-state index contributed by atoms with van der Waals surface area (Å²) in [5.74, 6) is -1.17. The van der Waals surface area contributed by atoms with E-state index in [4.69, 9.17) is 4.74 Å². The van der Waals surface area contributed by atoms with Crippen molar-refractivity contribution in [2.75, 3.05) is 19.7 Å². The number of carboxylic acid groups (broad SMARTS) is 1. The van der Waals surface area contributed by atoms with Crippen molar-refractivity contribution in [3.63, 3.8) is 0 Å². The quantitative estimate of drug-likeness (QED) is 0.664. The number of carboxylic acids is 1. The normalized spacial score (nSPS) is 17.4. The Bertz CT molecular complexity index is 1020. The Kier molecular flexibility index (Phi) is 6.40. The van der Waals surface area contributed by atoms with Gasteiger partial charge in [-0.05, 0) is 41.5 Å². The van der Waals surface area contributed by atoms with Gasteiger partial charge in [-0.15, -0.1) is 0 Å². The Balaban J connectivity index is 1.30. The molecule has 2 aromatic rings. The molecule has 4 rings (SSSR count). The SMILES string of the molecule is CC(C)(CCNC(=O)OCC1c2ccccc2-c2ccccc21)C(=O)N1CCC[C@H]1C(=O)O. The minimum Gasteiger partial charge on any atom is -0.480 e. The number of carbonyl (C=O) groups is 3. The number of aliphatic carboxylic acids is 1. The summed E-state index contributed by atoms with van der Waals surface area (Å²) in [5, 5.41) is 12.1. The van der Waals surface area contributed by atoms with Gasteiger partial charge in [-0.3, -0.25) is 4.79 Å². The number of rotatable bonds is 7. The maximum atomic E-state index is 12.9. The lowest BCUT2D eigenvalue weighted by molar-refractivity contribution is -0.152. The van der Waals surface area contributed by atoms with E-state index in [-0.39, 0.29) is 25.0 Å².